The predicted octanol–water partition coefficient (Wildman–Crippen LogP) is 3.57. The van der Waals surface area contributed by atoms with Crippen LogP contribution in [0.1, 0.15) is 71.6 Å². The van der Waals surface area contributed by atoms with E-state index in [-0.39, 0.29) is 36.6 Å². The normalized spacial score (nSPS) is 45.9. The van der Waals surface area contributed by atoms with Crippen molar-refractivity contribution < 1.29 is 34.0 Å². The minimum Gasteiger partial charge on any atom is -0.390 e. The maximum Gasteiger partial charge on any atom is 0.145 e. The molecule has 4 heterocycles. The van der Waals surface area contributed by atoms with E-state index in [1.54, 1.807) is 6.08 Å². The van der Waals surface area contributed by atoms with Crippen molar-refractivity contribution in [3.8, 4) is 0 Å². The smallest absolute Gasteiger partial charge is 0.145 e. The lowest BCUT2D eigenvalue weighted by molar-refractivity contribution is -0.291. The fourth-order valence-electron chi connectivity index (χ4n) is 6.21. The zero-order valence-corrected chi connectivity index (χ0v) is 21.1. The van der Waals surface area contributed by atoms with Crippen LogP contribution in [0.2, 0.25) is 0 Å². The monoisotopic (exact) mass is 490 g/mol. The van der Waals surface area contributed by atoms with E-state index in [0.29, 0.717) is 37.7 Å². The highest BCUT2D eigenvalue weighted by molar-refractivity contribution is 5.72. The van der Waals surface area contributed by atoms with Crippen molar-refractivity contribution in [1.82, 2.24) is 0 Å². The number of ether oxygens (including phenoxy) is 4. The number of carbonyl (C=O) groups is 1. The molecule has 0 spiro atoms. The van der Waals surface area contributed by atoms with Crippen molar-refractivity contribution in [1.29, 1.82) is 0 Å². The Morgan fingerprint density at radius 2 is 1.83 bits per heavy atom. The second-order valence-corrected chi connectivity index (χ2v) is 11.2. The summed E-state index contributed by atoms with van der Waals surface area (Å²) >= 11 is 0. The Morgan fingerprint density at radius 1 is 1.09 bits per heavy atom. The SMILES string of the molecule is C=C/C=C\CC[C@@H]1O[C@@H]2CC[C@]3(C)O[C@@H]4[C@H](O)C[C@H](CC(=C)C=O)O[C@H]4C[C@H]3O[C@H]2CC[C@@]1(C)O. The first-order chi connectivity index (χ1) is 16.6. The van der Waals surface area contributed by atoms with Gasteiger partial charge in [-0.15, -0.1) is 0 Å². The minimum absolute atomic E-state index is 0.125. The largest absolute Gasteiger partial charge is 0.390 e. The van der Waals surface area contributed by atoms with Gasteiger partial charge in [0.05, 0.1) is 53.9 Å². The zero-order valence-electron chi connectivity index (χ0n) is 21.1. The number of rotatable bonds is 7. The number of aliphatic hydroxyl groups is 2. The molecule has 0 unspecified atom stereocenters. The number of hydrogen-bond donors (Lipinski definition) is 2. The topological polar surface area (TPSA) is 94.5 Å². The highest BCUT2D eigenvalue weighted by Gasteiger charge is 2.55. The van der Waals surface area contributed by atoms with Crippen LogP contribution < -0.4 is 0 Å². The predicted molar refractivity (Wildman–Crippen MR) is 132 cm³/mol. The third kappa shape index (κ3) is 5.97. The van der Waals surface area contributed by atoms with Crippen LogP contribution in [0.5, 0.6) is 0 Å². The molecule has 196 valence electrons. The summed E-state index contributed by atoms with van der Waals surface area (Å²) in [6.45, 7) is 11.4. The summed E-state index contributed by atoms with van der Waals surface area (Å²) < 4.78 is 26.0. The molecule has 4 saturated heterocycles. The molecule has 4 fully saturated rings. The van der Waals surface area contributed by atoms with Crippen molar-refractivity contribution >= 4 is 6.29 Å². The maximum absolute atomic E-state index is 11.1. The third-order valence-electron chi connectivity index (χ3n) is 8.32. The van der Waals surface area contributed by atoms with E-state index in [1.165, 1.54) is 0 Å². The summed E-state index contributed by atoms with van der Waals surface area (Å²) in [5.74, 6) is 0. The number of carbonyl (C=O) groups excluding carboxylic acids is 1. The second kappa shape index (κ2) is 11.0. The molecule has 0 aromatic heterocycles. The highest BCUT2D eigenvalue weighted by atomic mass is 16.6. The molecule has 7 nitrogen and oxygen atoms in total. The van der Waals surface area contributed by atoms with Crippen molar-refractivity contribution in [2.24, 2.45) is 0 Å². The lowest BCUT2D eigenvalue weighted by atomic mass is 9.81. The highest BCUT2D eigenvalue weighted by Crippen LogP contribution is 2.45. The van der Waals surface area contributed by atoms with Crippen LogP contribution in [0.4, 0.5) is 0 Å². The number of aliphatic hydroxyl groups excluding tert-OH is 1. The average Bonchev–Trinajstić information content (AvgIpc) is 3.01. The van der Waals surface area contributed by atoms with Gasteiger partial charge in [0.2, 0.25) is 0 Å². The van der Waals surface area contributed by atoms with Gasteiger partial charge in [-0.05, 0) is 57.9 Å². The molecule has 4 aliphatic rings. The van der Waals surface area contributed by atoms with Crippen molar-refractivity contribution in [2.75, 3.05) is 0 Å². The lowest BCUT2D eigenvalue weighted by Crippen LogP contribution is -2.62. The first-order valence-electron chi connectivity index (χ1n) is 13.1. The summed E-state index contributed by atoms with van der Waals surface area (Å²) in [7, 11) is 0. The van der Waals surface area contributed by atoms with E-state index in [2.05, 4.69) is 20.1 Å². The Balaban J connectivity index is 1.46. The summed E-state index contributed by atoms with van der Waals surface area (Å²) in [6, 6.07) is 0. The molecule has 2 N–H and O–H groups in total. The molecule has 4 rings (SSSR count). The molecule has 0 aliphatic carbocycles. The van der Waals surface area contributed by atoms with Gasteiger partial charge < -0.3 is 29.2 Å². The molecule has 0 aromatic rings. The summed E-state index contributed by atoms with van der Waals surface area (Å²) in [6.07, 6.45) is 9.86. The molecule has 10 atom stereocenters. The maximum atomic E-state index is 11.1. The average molecular weight is 491 g/mol. The van der Waals surface area contributed by atoms with Gasteiger partial charge in [0, 0.05) is 19.3 Å². The van der Waals surface area contributed by atoms with Gasteiger partial charge in [-0.1, -0.05) is 31.4 Å². The molecule has 0 bridgehead atoms. The standard InChI is InChI=1S/C28H42O7/c1-5-6-7-8-9-24-27(3,31)12-10-21-22(33-24)11-13-28(4)25(34-21)16-23-26(35-28)20(30)15-19(32-23)14-18(2)17-29/h5-7,17,19-26,30-31H,1-2,8-16H2,3-4H3/b7-6-/t19-,20+,21-,22+,23-,24-,25+,26+,27+,28-/m0/s1. The molecular formula is C28H42O7. The quantitative estimate of drug-likeness (QED) is 0.320. The van der Waals surface area contributed by atoms with Crippen molar-refractivity contribution in [2.45, 2.75) is 132 Å². The van der Waals surface area contributed by atoms with E-state index >= 15 is 0 Å². The van der Waals surface area contributed by atoms with Gasteiger partial charge in [0.25, 0.3) is 0 Å². The Kier molecular flexibility index (Phi) is 8.36. The molecule has 0 aromatic carbocycles. The second-order valence-electron chi connectivity index (χ2n) is 11.2. The first-order valence-corrected chi connectivity index (χ1v) is 13.1. The summed E-state index contributed by atoms with van der Waals surface area (Å²) in [5, 5.41) is 22.0. The fraction of sp³-hybridized carbons (Fsp3) is 0.750. The van der Waals surface area contributed by atoms with Gasteiger partial charge in [0.1, 0.15) is 12.4 Å². The van der Waals surface area contributed by atoms with E-state index in [1.807, 2.05) is 19.1 Å². The van der Waals surface area contributed by atoms with Crippen LogP contribution >= 0.6 is 0 Å². The molecule has 7 heteroatoms. The number of fused-ring (bicyclic) bond motifs is 3. The third-order valence-corrected chi connectivity index (χ3v) is 8.32. The lowest BCUT2D eigenvalue weighted by Gasteiger charge is -2.51. The van der Waals surface area contributed by atoms with Crippen LogP contribution in [0.3, 0.4) is 0 Å². The Bertz CT molecular complexity index is 807. The van der Waals surface area contributed by atoms with Gasteiger partial charge in [-0.25, -0.2) is 0 Å². The Labute approximate surface area is 209 Å². The number of allylic oxidation sites excluding steroid dienone is 3. The van der Waals surface area contributed by atoms with E-state index in [9.17, 15) is 15.0 Å². The number of aldehydes is 1. The molecular weight excluding hydrogens is 448 g/mol. The van der Waals surface area contributed by atoms with Gasteiger partial charge in [-0.2, -0.15) is 0 Å². The Morgan fingerprint density at radius 3 is 2.57 bits per heavy atom. The first kappa shape index (κ1) is 26.7. The van der Waals surface area contributed by atoms with Gasteiger partial charge >= 0.3 is 0 Å². The van der Waals surface area contributed by atoms with Crippen LogP contribution in [-0.2, 0) is 23.7 Å². The fourth-order valence-corrected chi connectivity index (χ4v) is 6.21. The van der Waals surface area contributed by atoms with E-state index in [4.69, 9.17) is 18.9 Å². The van der Waals surface area contributed by atoms with E-state index in [0.717, 1.165) is 32.0 Å². The molecule has 4 aliphatic heterocycles. The zero-order chi connectivity index (χ0) is 25.2. The van der Waals surface area contributed by atoms with E-state index < -0.39 is 23.4 Å². The van der Waals surface area contributed by atoms with Crippen LogP contribution in [0.15, 0.2) is 37.0 Å². The molecule has 0 radical (unpaired) electrons. The van der Waals surface area contributed by atoms with Crippen molar-refractivity contribution in [3.05, 3.63) is 37.0 Å². The molecule has 0 saturated carbocycles. The molecule has 35 heavy (non-hydrogen) atoms. The summed E-state index contributed by atoms with van der Waals surface area (Å²) in [5.41, 5.74) is -1.00. The van der Waals surface area contributed by atoms with Crippen LogP contribution in [0.25, 0.3) is 0 Å². The Hall–Kier alpha value is -1.35. The van der Waals surface area contributed by atoms with Crippen LogP contribution in [0, 0.1) is 0 Å². The minimum atomic E-state index is -0.917. The van der Waals surface area contributed by atoms with Gasteiger partial charge in [0.15, 0.2) is 0 Å². The summed E-state index contributed by atoms with van der Waals surface area (Å²) in [4.78, 5) is 11.0. The van der Waals surface area contributed by atoms with Gasteiger partial charge in [-0.3, -0.25) is 4.79 Å². The van der Waals surface area contributed by atoms with Crippen LogP contribution in [-0.4, -0.2) is 76.5 Å². The number of hydrogen-bond acceptors (Lipinski definition) is 7. The van der Waals surface area contributed by atoms with Crippen molar-refractivity contribution in [3.63, 3.8) is 0 Å². The molecule has 0 amide bonds.